The van der Waals surface area contributed by atoms with Gasteiger partial charge in [0, 0.05) is 12.1 Å². The van der Waals surface area contributed by atoms with Crippen molar-refractivity contribution in [3.63, 3.8) is 0 Å². The van der Waals surface area contributed by atoms with Crippen molar-refractivity contribution < 1.29 is 4.42 Å². The van der Waals surface area contributed by atoms with Crippen LogP contribution in [-0.2, 0) is 6.54 Å². The van der Waals surface area contributed by atoms with E-state index >= 15 is 0 Å². The van der Waals surface area contributed by atoms with Crippen LogP contribution in [0.2, 0.25) is 0 Å². The van der Waals surface area contributed by atoms with Crippen LogP contribution in [0.25, 0.3) is 11.5 Å². The van der Waals surface area contributed by atoms with Gasteiger partial charge in [0.25, 0.3) is 0 Å². The third-order valence-electron chi connectivity index (χ3n) is 4.00. The molecule has 0 fully saturated rings. The molecule has 23 heavy (non-hydrogen) atoms. The van der Waals surface area contributed by atoms with E-state index in [-0.39, 0.29) is 6.04 Å². The molecule has 4 nitrogen and oxygen atoms in total. The van der Waals surface area contributed by atoms with Gasteiger partial charge in [0.2, 0.25) is 11.8 Å². The van der Waals surface area contributed by atoms with Crippen LogP contribution in [0, 0.1) is 6.92 Å². The molecule has 4 heteroatoms. The predicted molar refractivity (Wildman–Crippen MR) is 90.8 cm³/mol. The third kappa shape index (κ3) is 3.66. The number of rotatable bonds is 5. The number of benzene rings is 2. The Kier molecular flexibility index (Phi) is 4.53. The number of aryl methyl sites for hydroxylation is 1. The summed E-state index contributed by atoms with van der Waals surface area (Å²) in [5, 5.41) is 8.42. The molecule has 1 unspecified atom stereocenters. The van der Waals surface area contributed by atoms with Gasteiger partial charge in [-0.3, -0.25) is 4.90 Å². The van der Waals surface area contributed by atoms with Crippen LogP contribution < -0.4 is 0 Å². The van der Waals surface area contributed by atoms with Crippen molar-refractivity contribution in [3.05, 3.63) is 71.6 Å². The second-order valence-electron chi connectivity index (χ2n) is 5.89. The van der Waals surface area contributed by atoms with Crippen molar-refractivity contribution in [2.45, 2.75) is 26.4 Å². The van der Waals surface area contributed by atoms with E-state index in [0.717, 1.165) is 12.1 Å². The first-order valence-electron chi connectivity index (χ1n) is 7.78. The molecule has 0 spiro atoms. The topological polar surface area (TPSA) is 42.2 Å². The monoisotopic (exact) mass is 307 g/mol. The van der Waals surface area contributed by atoms with E-state index in [0.29, 0.717) is 11.8 Å². The molecule has 1 heterocycles. The molecule has 118 valence electrons. The summed E-state index contributed by atoms with van der Waals surface area (Å²) in [7, 11) is 2.06. The van der Waals surface area contributed by atoms with Gasteiger partial charge < -0.3 is 4.42 Å². The second-order valence-corrected chi connectivity index (χ2v) is 5.89. The smallest absolute Gasteiger partial charge is 0.247 e. The summed E-state index contributed by atoms with van der Waals surface area (Å²) < 4.78 is 5.88. The highest BCUT2D eigenvalue weighted by molar-refractivity contribution is 5.53. The Morgan fingerprint density at radius 3 is 2.57 bits per heavy atom. The van der Waals surface area contributed by atoms with E-state index in [1.54, 1.807) is 0 Å². The Labute approximate surface area is 136 Å². The molecule has 0 amide bonds. The molecule has 3 aromatic rings. The number of nitrogens with zero attached hydrogens (tertiary/aromatic N) is 3. The normalized spacial score (nSPS) is 12.5. The van der Waals surface area contributed by atoms with Crippen LogP contribution >= 0.6 is 0 Å². The standard InChI is InChI=1S/C19H21N3O/c1-14-8-7-11-17(12-14)19-21-20-18(23-19)15(2)22(3)13-16-9-5-4-6-10-16/h4-12,15H,13H2,1-3H3. The van der Waals surface area contributed by atoms with Crippen LogP contribution in [0.15, 0.2) is 59.0 Å². The molecule has 3 rings (SSSR count). The Balaban J connectivity index is 1.74. The quantitative estimate of drug-likeness (QED) is 0.707. The zero-order valence-corrected chi connectivity index (χ0v) is 13.7. The van der Waals surface area contributed by atoms with Crippen molar-refractivity contribution in [3.8, 4) is 11.5 Å². The first-order valence-corrected chi connectivity index (χ1v) is 7.78. The summed E-state index contributed by atoms with van der Waals surface area (Å²) in [4.78, 5) is 2.20. The molecule has 0 saturated heterocycles. The Bertz CT molecular complexity index is 767. The van der Waals surface area contributed by atoms with Gasteiger partial charge in [0.05, 0.1) is 6.04 Å². The van der Waals surface area contributed by atoms with Crippen LogP contribution in [0.5, 0.6) is 0 Å². The zero-order valence-electron chi connectivity index (χ0n) is 13.7. The minimum absolute atomic E-state index is 0.0567. The van der Waals surface area contributed by atoms with E-state index < -0.39 is 0 Å². The lowest BCUT2D eigenvalue weighted by Crippen LogP contribution is -2.22. The largest absolute Gasteiger partial charge is 0.419 e. The highest BCUT2D eigenvalue weighted by atomic mass is 16.4. The van der Waals surface area contributed by atoms with Gasteiger partial charge in [-0.05, 0) is 38.6 Å². The summed E-state index contributed by atoms with van der Waals surface area (Å²) in [6, 6.07) is 18.5. The average Bonchev–Trinajstić information content (AvgIpc) is 3.05. The SMILES string of the molecule is Cc1cccc(-c2nnc(C(C)N(C)Cc3ccccc3)o2)c1. The molecular formula is C19H21N3O. The average molecular weight is 307 g/mol. The van der Waals surface area contributed by atoms with Crippen LogP contribution in [0.4, 0.5) is 0 Å². The lowest BCUT2D eigenvalue weighted by Gasteiger charge is -2.21. The summed E-state index contributed by atoms with van der Waals surface area (Å²) in [5.74, 6) is 1.21. The van der Waals surface area contributed by atoms with E-state index in [1.165, 1.54) is 11.1 Å². The van der Waals surface area contributed by atoms with Gasteiger partial charge in [0.1, 0.15) is 0 Å². The van der Waals surface area contributed by atoms with Gasteiger partial charge in [-0.15, -0.1) is 10.2 Å². The van der Waals surface area contributed by atoms with Crippen LogP contribution in [-0.4, -0.2) is 22.1 Å². The van der Waals surface area contributed by atoms with Crippen LogP contribution in [0.3, 0.4) is 0 Å². The molecule has 0 N–H and O–H groups in total. The van der Waals surface area contributed by atoms with Gasteiger partial charge in [-0.25, -0.2) is 0 Å². The molecule has 0 aliphatic rings. The summed E-state index contributed by atoms with van der Waals surface area (Å²) in [6.45, 7) is 4.97. The van der Waals surface area contributed by atoms with Gasteiger partial charge in [0.15, 0.2) is 0 Å². The fourth-order valence-electron chi connectivity index (χ4n) is 2.50. The molecule has 0 aliphatic heterocycles. The maximum absolute atomic E-state index is 5.88. The van der Waals surface area contributed by atoms with Gasteiger partial charge in [-0.1, -0.05) is 48.0 Å². The number of aromatic nitrogens is 2. The van der Waals surface area contributed by atoms with E-state index in [9.17, 15) is 0 Å². The molecule has 0 radical (unpaired) electrons. The fraction of sp³-hybridized carbons (Fsp3) is 0.263. The highest BCUT2D eigenvalue weighted by Gasteiger charge is 2.19. The third-order valence-corrected chi connectivity index (χ3v) is 4.00. The predicted octanol–water partition coefficient (Wildman–Crippen LogP) is 4.24. The first-order chi connectivity index (χ1) is 11.1. The van der Waals surface area contributed by atoms with E-state index in [4.69, 9.17) is 4.42 Å². The summed E-state index contributed by atoms with van der Waals surface area (Å²) in [6.07, 6.45) is 0. The second kappa shape index (κ2) is 6.75. The van der Waals surface area contributed by atoms with Gasteiger partial charge in [-0.2, -0.15) is 0 Å². The Morgan fingerprint density at radius 2 is 1.83 bits per heavy atom. The molecular weight excluding hydrogens is 286 g/mol. The Morgan fingerprint density at radius 1 is 1.04 bits per heavy atom. The number of hydrogen-bond donors (Lipinski definition) is 0. The molecule has 1 atom stereocenters. The highest BCUT2D eigenvalue weighted by Crippen LogP contribution is 2.24. The van der Waals surface area contributed by atoms with Crippen molar-refractivity contribution in [1.29, 1.82) is 0 Å². The Hall–Kier alpha value is -2.46. The lowest BCUT2D eigenvalue weighted by molar-refractivity contribution is 0.218. The van der Waals surface area contributed by atoms with E-state index in [1.807, 2.05) is 18.2 Å². The maximum atomic E-state index is 5.88. The van der Waals surface area contributed by atoms with Crippen molar-refractivity contribution in [2.75, 3.05) is 7.05 Å². The maximum Gasteiger partial charge on any atom is 0.247 e. The molecule has 1 aromatic heterocycles. The van der Waals surface area contributed by atoms with E-state index in [2.05, 4.69) is 72.4 Å². The molecule has 0 aliphatic carbocycles. The zero-order chi connectivity index (χ0) is 16.2. The molecule has 0 saturated carbocycles. The molecule has 2 aromatic carbocycles. The number of hydrogen-bond acceptors (Lipinski definition) is 4. The minimum atomic E-state index is 0.0567. The summed E-state index contributed by atoms with van der Waals surface area (Å²) in [5.41, 5.74) is 3.40. The first kappa shape index (κ1) is 15.4. The minimum Gasteiger partial charge on any atom is -0.419 e. The van der Waals surface area contributed by atoms with Crippen LogP contribution in [0.1, 0.15) is 30.0 Å². The summed E-state index contributed by atoms with van der Waals surface area (Å²) >= 11 is 0. The van der Waals surface area contributed by atoms with Crippen molar-refractivity contribution >= 4 is 0 Å². The van der Waals surface area contributed by atoms with Crippen molar-refractivity contribution in [2.24, 2.45) is 0 Å². The fourth-order valence-corrected chi connectivity index (χ4v) is 2.50. The lowest BCUT2D eigenvalue weighted by atomic mass is 10.1. The van der Waals surface area contributed by atoms with Crippen molar-refractivity contribution in [1.82, 2.24) is 15.1 Å². The van der Waals surface area contributed by atoms with Gasteiger partial charge >= 0.3 is 0 Å². The molecule has 0 bridgehead atoms.